The maximum Gasteiger partial charge on any atom is 0.256 e. The number of piperazine rings is 1. The molecule has 10 nitrogen and oxygen atoms in total. The fourth-order valence-corrected chi connectivity index (χ4v) is 3.42. The van der Waals surface area contributed by atoms with Gasteiger partial charge < -0.3 is 25.3 Å². The van der Waals surface area contributed by atoms with Gasteiger partial charge in [0.15, 0.2) is 11.7 Å². The van der Waals surface area contributed by atoms with Crippen LogP contribution in [0.4, 0.5) is 11.6 Å². The second-order valence-electron chi connectivity index (χ2n) is 7.27. The highest BCUT2D eigenvalue weighted by Crippen LogP contribution is 2.21. The largest absolute Gasteiger partial charge is 0.461 e. The van der Waals surface area contributed by atoms with E-state index in [9.17, 15) is 0 Å². The third kappa shape index (κ3) is 4.17. The van der Waals surface area contributed by atoms with Crippen LogP contribution in [-0.2, 0) is 0 Å². The molecule has 0 radical (unpaired) electrons. The van der Waals surface area contributed by atoms with Crippen molar-refractivity contribution in [1.82, 2.24) is 29.8 Å². The molecule has 4 rings (SSSR count). The quantitative estimate of drug-likeness (QED) is 0.467. The first-order valence-electron chi connectivity index (χ1n) is 10.5. The van der Waals surface area contributed by atoms with Crippen molar-refractivity contribution in [2.75, 3.05) is 49.9 Å². The maximum absolute atomic E-state index is 6.24. The molecule has 0 aromatic carbocycles. The van der Waals surface area contributed by atoms with Crippen molar-refractivity contribution in [1.29, 1.82) is 0 Å². The predicted octanol–water partition coefficient (Wildman–Crippen LogP) is 1.85. The van der Waals surface area contributed by atoms with Gasteiger partial charge in [0, 0.05) is 45.3 Å². The number of rotatable bonds is 6. The molecule has 0 bridgehead atoms. The minimum absolute atomic E-state index is 0.466. The number of anilines is 2. The summed E-state index contributed by atoms with van der Waals surface area (Å²) in [5.41, 5.74) is 6.24. The summed E-state index contributed by atoms with van der Waals surface area (Å²) in [4.78, 5) is 18.4. The normalized spacial score (nSPS) is 15.2. The molecule has 3 aromatic rings. The van der Waals surface area contributed by atoms with Gasteiger partial charge >= 0.3 is 0 Å². The Morgan fingerprint density at radius 2 is 2.03 bits per heavy atom. The van der Waals surface area contributed by atoms with Crippen molar-refractivity contribution in [2.45, 2.75) is 26.7 Å². The SMILES string of the molecule is CCCN=C(NCCC)N1CCN(c2cc(N)n3nc(-c4ccco4)nc3n2)CC1. The van der Waals surface area contributed by atoms with E-state index in [1.807, 2.05) is 12.1 Å². The smallest absolute Gasteiger partial charge is 0.256 e. The molecule has 1 aliphatic heterocycles. The molecule has 1 aliphatic rings. The Kier molecular flexibility index (Phi) is 6.01. The number of hydrogen-bond acceptors (Lipinski definition) is 7. The third-order valence-electron chi connectivity index (χ3n) is 4.99. The number of nitrogens with one attached hydrogen (secondary N) is 1. The zero-order chi connectivity index (χ0) is 20.9. The molecular formula is C20H29N9O. The lowest BCUT2D eigenvalue weighted by Gasteiger charge is -2.37. The number of nitrogens with zero attached hydrogens (tertiary/aromatic N) is 7. The summed E-state index contributed by atoms with van der Waals surface area (Å²) in [6.07, 6.45) is 3.71. The molecule has 0 spiro atoms. The van der Waals surface area contributed by atoms with Crippen LogP contribution in [0.3, 0.4) is 0 Å². The molecule has 0 aliphatic carbocycles. The fraction of sp³-hybridized carbons (Fsp3) is 0.500. The van der Waals surface area contributed by atoms with Crippen LogP contribution in [0.25, 0.3) is 17.4 Å². The van der Waals surface area contributed by atoms with Crippen LogP contribution in [0.2, 0.25) is 0 Å². The summed E-state index contributed by atoms with van der Waals surface area (Å²) < 4.78 is 6.93. The van der Waals surface area contributed by atoms with Crippen LogP contribution in [0.5, 0.6) is 0 Å². The molecule has 0 saturated carbocycles. The second kappa shape index (κ2) is 9.02. The Balaban J connectivity index is 1.49. The Labute approximate surface area is 175 Å². The standard InChI is InChI=1S/C20H29N9O/c1-3-7-22-19(23-8-4-2)28-11-9-27(10-12-28)17-14-16(21)29-20(24-17)25-18(26-29)15-6-5-13-30-15/h5-6,13-14H,3-4,7-12,21H2,1-2H3,(H,22,23). The Morgan fingerprint density at radius 1 is 1.20 bits per heavy atom. The van der Waals surface area contributed by atoms with Gasteiger partial charge in [-0.3, -0.25) is 4.99 Å². The number of hydrogen-bond donors (Lipinski definition) is 2. The van der Waals surface area contributed by atoms with Gasteiger partial charge in [-0.05, 0) is 25.0 Å². The van der Waals surface area contributed by atoms with Gasteiger partial charge in [-0.15, -0.1) is 5.10 Å². The van der Waals surface area contributed by atoms with Crippen molar-refractivity contribution in [2.24, 2.45) is 4.99 Å². The average Bonchev–Trinajstić information content (AvgIpc) is 3.44. The third-order valence-corrected chi connectivity index (χ3v) is 4.99. The van der Waals surface area contributed by atoms with Crippen molar-refractivity contribution in [3.8, 4) is 11.6 Å². The molecular weight excluding hydrogens is 382 g/mol. The van der Waals surface area contributed by atoms with Crippen LogP contribution in [0, 0.1) is 0 Å². The van der Waals surface area contributed by atoms with E-state index in [0.717, 1.165) is 63.9 Å². The molecule has 1 fully saturated rings. The van der Waals surface area contributed by atoms with E-state index in [4.69, 9.17) is 15.1 Å². The highest BCUT2D eigenvalue weighted by molar-refractivity contribution is 5.80. The molecule has 0 unspecified atom stereocenters. The van der Waals surface area contributed by atoms with Crippen LogP contribution in [0.15, 0.2) is 33.9 Å². The molecule has 3 aromatic heterocycles. The van der Waals surface area contributed by atoms with Gasteiger partial charge in [0.05, 0.1) is 6.26 Å². The van der Waals surface area contributed by atoms with Gasteiger partial charge in [0.1, 0.15) is 11.6 Å². The summed E-state index contributed by atoms with van der Waals surface area (Å²) in [6, 6.07) is 5.47. The van der Waals surface area contributed by atoms with E-state index in [2.05, 4.69) is 44.0 Å². The van der Waals surface area contributed by atoms with Gasteiger partial charge in [0.25, 0.3) is 5.78 Å². The number of aromatic nitrogens is 4. The number of nitrogen functional groups attached to an aromatic ring is 1. The monoisotopic (exact) mass is 411 g/mol. The summed E-state index contributed by atoms with van der Waals surface area (Å²) in [5.74, 6) is 3.84. The lowest BCUT2D eigenvalue weighted by molar-refractivity contribution is 0.370. The van der Waals surface area contributed by atoms with Gasteiger partial charge in [0.2, 0.25) is 5.82 Å². The first-order valence-corrected chi connectivity index (χ1v) is 10.5. The maximum atomic E-state index is 6.24. The zero-order valence-corrected chi connectivity index (χ0v) is 17.6. The van der Waals surface area contributed by atoms with Crippen LogP contribution >= 0.6 is 0 Å². The average molecular weight is 412 g/mol. The molecule has 3 N–H and O–H groups in total. The van der Waals surface area contributed by atoms with E-state index in [1.54, 1.807) is 16.8 Å². The fourth-order valence-electron chi connectivity index (χ4n) is 3.42. The molecule has 1 saturated heterocycles. The lowest BCUT2D eigenvalue weighted by atomic mass is 10.3. The van der Waals surface area contributed by atoms with Crippen molar-refractivity contribution >= 4 is 23.4 Å². The van der Waals surface area contributed by atoms with E-state index >= 15 is 0 Å². The number of fused-ring (bicyclic) bond motifs is 1. The Bertz CT molecular complexity index is 987. The topological polar surface area (TPSA) is 113 Å². The molecule has 10 heteroatoms. The van der Waals surface area contributed by atoms with E-state index in [1.165, 1.54) is 0 Å². The van der Waals surface area contributed by atoms with Crippen molar-refractivity contribution in [3.05, 3.63) is 24.5 Å². The number of aliphatic imine (C=N–C) groups is 1. The molecule has 0 amide bonds. The van der Waals surface area contributed by atoms with Crippen molar-refractivity contribution < 1.29 is 4.42 Å². The van der Waals surface area contributed by atoms with Crippen LogP contribution < -0.4 is 16.0 Å². The lowest BCUT2D eigenvalue weighted by Crippen LogP contribution is -2.53. The van der Waals surface area contributed by atoms with Gasteiger partial charge in [-0.25, -0.2) is 0 Å². The summed E-state index contributed by atoms with van der Waals surface area (Å²) in [7, 11) is 0. The first-order chi connectivity index (χ1) is 14.7. The van der Waals surface area contributed by atoms with Gasteiger partial charge in [-0.2, -0.15) is 14.5 Å². The van der Waals surface area contributed by atoms with Gasteiger partial charge in [-0.1, -0.05) is 13.8 Å². The van der Waals surface area contributed by atoms with Crippen LogP contribution in [-0.4, -0.2) is 69.7 Å². The Morgan fingerprint density at radius 3 is 2.73 bits per heavy atom. The highest BCUT2D eigenvalue weighted by Gasteiger charge is 2.22. The minimum Gasteiger partial charge on any atom is -0.461 e. The number of nitrogens with two attached hydrogens (primary N) is 1. The number of guanidine groups is 1. The summed E-state index contributed by atoms with van der Waals surface area (Å²) >= 11 is 0. The summed E-state index contributed by atoms with van der Waals surface area (Å²) in [5, 5.41) is 7.88. The molecule has 4 heterocycles. The summed E-state index contributed by atoms with van der Waals surface area (Å²) in [6.45, 7) is 9.49. The van der Waals surface area contributed by atoms with E-state index < -0.39 is 0 Å². The first kappa shape index (κ1) is 20.0. The van der Waals surface area contributed by atoms with Crippen LogP contribution in [0.1, 0.15) is 26.7 Å². The minimum atomic E-state index is 0.466. The molecule has 0 atom stereocenters. The highest BCUT2D eigenvalue weighted by atomic mass is 16.3. The molecule has 160 valence electrons. The molecule has 30 heavy (non-hydrogen) atoms. The predicted molar refractivity (Wildman–Crippen MR) is 118 cm³/mol. The van der Waals surface area contributed by atoms with E-state index in [0.29, 0.717) is 23.2 Å². The zero-order valence-electron chi connectivity index (χ0n) is 17.6. The van der Waals surface area contributed by atoms with E-state index in [-0.39, 0.29) is 0 Å². The Hall–Kier alpha value is -3.30. The second-order valence-corrected chi connectivity index (χ2v) is 7.27. The van der Waals surface area contributed by atoms with Crippen molar-refractivity contribution in [3.63, 3.8) is 0 Å². The number of furan rings is 1.